The van der Waals surface area contributed by atoms with Crippen LogP contribution in [0.1, 0.15) is 16.6 Å². The summed E-state index contributed by atoms with van der Waals surface area (Å²) in [6.07, 6.45) is 0. The highest BCUT2D eigenvalue weighted by atomic mass is 32.1. The first kappa shape index (κ1) is 13.8. The Hall–Kier alpha value is -1.59. The molecule has 2 rings (SSSR count). The summed E-state index contributed by atoms with van der Waals surface area (Å²) in [4.78, 5) is 14.9. The van der Waals surface area contributed by atoms with E-state index < -0.39 is 0 Å². The van der Waals surface area contributed by atoms with Gasteiger partial charge in [-0.3, -0.25) is 4.79 Å². The second-order valence-electron chi connectivity index (χ2n) is 4.93. The van der Waals surface area contributed by atoms with Crippen molar-refractivity contribution in [1.82, 2.24) is 10.2 Å². The number of hydrogen-bond acceptors (Lipinski definition) is 4. The van der Waals surface area contributed by atoms with Crippen LogP contribution in [0.2, 0.25) is 0 Å². The fourth-order valence-corrected chi connectivity index (χ4v) is 2.64. The van der Waals surface area contributed by atoms with Gasteiger partial charge in [-0.15, -0.1) is 11.3 Å². The third kappa shape index (κ3) is 3.24. The molecular formula is C14H19N3OS. The number of carbonyl (C=O) groups is 1. The molecule has 0 aliphatic rings. The van der Waals surface area contributed by atoms with Crippen molar-refractivity contribution in [3.63, 3.8) is 0 Å². The van der Waals surface area contributed by atoms with Gasteiger partial charge in [-0.2, -0.15) is 0 Å². The average molecular weight is 277 g/mol. The van der Waals surface area contributed by atoms with E-state index in [-0.39, 0.29) is 5.91 Å². The van der Waals surface area contributed by atoms with E-state index in [4.69, 9.17) is 5.73 Å². The van der Waals surface area contributed by atoms with Gasteiger partial charge in [-0.25, -0.2) is 0 Å². The Morgan fingerprint density at radius 3 is 2.84 bits per heavy atom. The zero-order valence-electron chi connectivity index (χ0n) is 11.4. The molecule has 4 nitrogen and oxygen atoms in total. The monoisotopic (exact) mass is 277 g/mol. The summed E-state index contributed by atoms with van der Waals surface area (Å²) in [5.41, 5.74) is 6.46. The van der Waals surface area contributed by atoms with Gasteiger partial charge in [0.2, 0.25) is 0 Å². The van der Waals surface area contributed by atoms with Crippen LogP contribution in [0.25, 0.3) is 10.1 Å². The molecule has 0 fully saturated rings. The summed E-state index contributed by atoms with van der Waals surface area (Å²) in [6.45, 7) is 2.72. The SMILES string of the molecule is CC(CNC(=O)c1cc2cc(N)ccc2s1)N(C)C. The Labute approximate surface area is 117 Å². The maximum absolute atomic E-state index is 12.1. The number of nitrogens with zero attached hydrogens (tertiary/aromatic N) is 1. The Balaban J connectivity index is 2.09. The lowest BCUT2D eigenvalue weighted by atomic mass is 10.2. The van der Waals surface area contributed by atoms with Crippen molar-refractivity contribution in [1.29, 1.82) is 0 Å². The number of hydrogen-bond donors (Lipinski definition) is 2. The summed E-state index contributed by atoms with van der Waals surface area (Å²) >= 11 is 1.49. The topological polar surface area (TPSA) is 58.4 Å². The van der Waals surface area contributed by atoms with Crippen LogP contribution in [-0.4, -0.2) is 37.5 Å². The fourth-order valence-electron chi connectivity index (χ4n) is 1.68. The van der Waals surface area contributed by atoms with E-state index in [1.807, 2.05) is 38.4 Å². The maximum atomic E-state index is 12.1. The first-order valence-corrected chi connectivity index (χ1v) is 7.02. The van der Waals surface area contributed by atoms with Crippen molar-refractivity contribution in [2.75, 3.05) is 26.4 Å². The molecular weight excluding hydrogens is 258 g/mol. The number of likely N-dealkylation sites (N-methyl/N-ethyl adjacent to an activating group) is 1. The van der Waals surface area contributed by atoms with Crippen molar-refractivity contribution in [2.24, 2.45) is 0 Å². The quantitative estimate of drug-likeness (QED) is 0.842. The summed E-state index contributed by atoms with van der Waals surface area (Å²) in [5, 5.41) is 3.98. The third-order valence-corrected chi connectivity index (χ3v) is 4.32. The largest absolute Gasteiger partial charge is 0.399 e. The molecule has 5 heteroatoms. The van der Waals surface area contributed by atoms with Gasteiger partial charge in [-0.05, 0) is 50.7 Å². The highest BCUT2D eigenvalue weighted by Crippen LogP contribution is 2.27. The summed E-state index contributed by atoms with van der Waals surface area (Å²) < 4.78 is 1.08. The van der Waals surface area contributed by atoms with Crippen LogP contribution < -0.4 is 11.1 Å². The van der Waals surface area contributed by atoms with Crippen LogP contribution in [0.15, 0.2) is 24.3 Å². The fraction of sp³-hybridized carbons (Fsp3) is 0.357. The molecule has 1 aromatic heterocycles. The smallest absolute Gasteiger partial charge is 0.261 e. The number of nitrogen functional groups attached to an aromatic ring is 1. The van der Waals surface area contributed by atoms with Crippen LogP contribution >= 0.6 is 11.3 Å². The van der Waals surface area contributed by atoms with Crippen LogP contribution in [0.5, 0.6) is 0 Å². The van der Waals surface area contributed by atoms with E-state index in [9.17, 15) is 4.79 Å². The predicted molar refractivity (Wildman–Crippen MR) is 81.7 cm³/mol. The molecule has 0 aliphatic heterocycles. The molecule has 0 radical (unpaired) electrons. The minimum absolute atomic E-state index is 0.0199. The predicted octanol–water partition coefficient (Wildman–Crippen LogP) is 2.16. The van der Waals surface area contributed by atoms with E-state index in [2.05, 4.69) is 17.1 Å². The van der Waals surface area contributed by atoms with Gasteiger partial charge in [0.15, 0.2) is 0 Å². The molecule has 1 atom stereocenters. The molecule has 2 aromatic rings. The van der Waals surface area contributed by atoms with Crippen LogP contribution in [-0.2, 0) is 0 Å². The van der Waals surface area contributed by atoms with Crippen molar-refractivity contribution in [3.8, 4) is 0 Å². The molecule has 0 aliphatic carbocycles. The van der Waals surface area contributed by atoms with E-state index in [1.165, 1.54) is 11.3 Å². The number of rotatable bonds is 4. The van der Waals surface area contributed by atoms with E-state index >= 15 is 0 Å². The van der Waals surface area contributed by atoms with Gasteiger partial charge < -0.3 is 16.0 Å². The number of nitrogens with two attached hydrogens (primary N) is 1. The summed E-state index contributed by atoms with van der Waals surface area (Å²) in [6, 6.07) is 7.91. The molecule has 1 unspecified atom stereocenters. The van der Waals surface area contributed by atoms with Gasteiger partial charge in [0.1, 0.15) is 0 Å². The number of benzene rings is 1. The molecule has 1 heterocycles. The Bertz CT molecular complexity index is 591. The number of thiophene rings is 1. The molecule has 0 saturated heterocycles. The number of carbonyl (C=O) groups excluding carboxylic acids is 1. The molecule has 1 amide bonds. The number of nitrogens with one attached hydrogen (secondary N) is 1. The molecule has 1 aromatic carbocycles. The Kier molecular flexibility index (Phi) is 4.07. The first-order valence-electron chi connectivity index (χ1n) is 6.21. The second kappa shape index (κ2) is 5.59. The van der Waals surface area contributed by atoms with Gasteiger partial charge in [0.05, 0.1) is 4.88 Å². The summed E-state index contributed by atoms with van der Waals surface area (Å²) in [7, 11) is 4.00. The molecule has 102 valence electrons. The van der Waals surface area contributed by atoms with Gasteiger partial charge in [0.25, 0.3) is 5.91 Å². The zero-order valence-corrected chi connectivity index (χ0v) is 12.3. The highest BCUT2D eigenvalue weighted by molar-refractivity contribution is 7.20. The van der Waals surface area contributed by atoms with Gasteiger partial charge >= 0.3 is 0 Å². The lowest BCUT2D eigenvalue weighted by molar-refractivity contribution is 0.0948. The second-order valence-corrected chi connectivity index (χ2v) is 6.01. The van der Waals surface area contributed by atoms with Crippen molar-refractivity contribution in [2.45, 2.75) is 13.0 Å². The molecule has 0 spiro atoms. The van der Waals surface area contributed by atoms with E-state index in [0.717, 1.165) is 20.7 Å². The average Bonchev–Trinajstić information content (AvgIpc) is 2.78. The van der Waals surface area contributed by atoms with E-state index in [0.29, 0.717) is 12.6 Å². The Morgan fingerprint density at radius 1 is 1.42 bits per heavy atom. The molecule has 0 saturated carbocycles. The minimum Gasteiger partial charge on any atom is -0.399 e. The van der Waals surface area contributed by atoms with Crippen LogP contribution in [0.4, 0.5) is 5.69 Å². The third-order valence-electron chi connectivity index (χ3n) is 3.20. The normalized spacial score (nSPS) is 12.8. The lowest BCUT2D eigenvalue weighted by Gasteiger charge is -2.19. The maximum Gasteiger partial charge on any atom is 0.261 e. The number of amides is 1. The van der Waals surface area contributed by atoms with Crippen LogP contribution in [0.3, 0.4) is 0 Å². The minimum atomic E-state index is -0.0199. The van der Waals surface area contributed by atoms with Gasteiger partial charge in [0, 0.05) is 23.0 Å². The van der Waals surface area contributed by atoms with Gasteiger partial charge in [-0.1, -0.05) is 0 Å². The van der Waals surface area contributed by atoms with Crippen molar-refractivity contribution >= 4 is 33.0 Å². The number of fused-ring (bicyclic) bond motifs is 1. The molecule has 19 heavy (non-hydrogen) atoms. The first-order chi connectivity index (χ1) is 8.97. The zero-order chi connectivity index (χ0) is 14.0. The Morgan fingerprint density at radius 2 is 2.16 bits per heavy atom. The van der Waals surface area contributed by atoms with Crippen molar-refractivity contribution < 1.29 is 4.79 Å². The number of anilines is 1. The standard InChI is InChI=1S/C14H19N3OS/c1-9(17(2)3)8-16-14(18)13-7-10-6-11(15)4-5-12(10)19-13/h4-7,9H,8,15H2,1-3H3,(H,16,18). The molecule has 0 bridgehead atoms. The summed E-state index contributed by atoms with van der Waals surface area (Å²) in [5.74, 6) is -0.0199. The van der Waals surface area contributed by atoms with Crippen molar-refractivity contribution in [3.05, 3.63) is 29.1 Å². The highest BCUT2D eigenvalue weighted by Gasteiger charge is 2.12. The lowest BCUT2D eigenvalue weighted by Crippen LogP contribution is -2.37. The molecule has 3 N–H and O–H groups in total. The van der Waals surface area contributed by atoms with E-state index in [1.54, 1.807) is 0 Å². The van der Waals surface area contributed by atoms with Crippen LogP contribution in [0, 0.1) is 0 Å².